The highest BCUT2D eigenvalue weighted by Crippen LogP contribution is 2.33. The molecule has 1 aliphatic rings. The van der Waals surface area contributed by atoms with Crippen molar-refractivity contribution in [2.24, 2.45) is 5.73 Å². The molecule has 1 aromatic heterocycles. The number of hydrogen-bond acceptors (Lipinski definition) is 4. The van der Waals surface area contributed by atoms with Gasteiger partial charge in [0, 0.05) is 21.9 Å². The number of nitrogens with two attached hydrogens (primary N) is 1. The van der Waals surface area contributed by atoms with Gasteiger partial charge < -0.3 is 5.73 Å². The first-order valence-electron chi connectivity index (χ1n) is 6.00. The average Bonchev–Trinajstić information content (AvgIpc) is 2.83. The molecule has 1 unspecified atom stereocenters. The monoisotopic (exact) mass is 256 g/mol. The van der Waals surface area contributed by atoms with Crippen molar-refractivity contribution in [1.82, 2.24) is 4.98 Å². The Hall–Kier alpha value is -0.0600. The molecule has 0 saturated heterocycles. The fourth-order valence-corrected chi connectivity index (χ4v) is 4.56. The van der Waals surface area contributed by atoms with Crippen LogP contribution in [-0.2, 0) is 5.75 Å². The summed E-state index contributed by atoms with van der Waals surface area (Å²) in [7, 11) is 0. The second-order valence-corrected chi connectivity index (χ2v) is 6.97. The molecule has 1 atom stereocenters. The van der Waals surface area contributed by atoms with Gasteiger partial charge in [0.25, 0.3) is 0 Å². The third-order valence-corrected chi connectivity index (χ3v) is 5.96. The van der Waals surface area contributed by atoms with Crippen LogP contribution in [-0.4, -0.2) is 10.2 Å². The van der Waals surface area contributed by atoms with Crippen LogP contribution in [0.15, 0.2) is 0 Å². The smallest absolute Gasteiger partial charge is 0.103 e. The van der Waals surface area contributed by atoms with Gasteiger partial charge in [0.15, 0.2) is 0 Å². The summed E-state index contributed by atoms with van der Waals surface area (Å²) >= 11 is 3.87. The van der Waals surface area contributed by atoms with Crippen molar-refractivity contribution in [3.8, 4) is 0 Å². The number of aromatic nitrogens is 1. The largest absolute Gasteiger partial charge is 0.323 e. The van der Waals surface area contributed by atoms with E-state index in [4.69, 9.17) is 5.73 Å². The Morgan fingerprint density at radius 2 is 2.19 bits per heavy atom. The molecule has 4 heteroatoms. The van der Waals surface area contributed by atoms with Crippen molar-refractivity contribution in [2.75, 3.05) is 0 Å². The van der Waals surface area contributed by atoms with Gasteiger partial charge in [-0.2, -0.15) is 11.8 Å². The van der Waals surface area contributed by atoms with Crippen LogP contribution in [0.1, 0.15) is 54.2 Å². The van der Waals surface area contributed by atoms with Crippen LogP contribution >= 0.6 is 23.1 Å². The molecule has 2 nitrogen and oxygen atoms in total. The molecule has 0 bridgehead atoms. The van der Waals surface area contributed by atoms with Crippen molar-refractivity contribution < 1.29 is 0 Å². The van der Waals surface area contributed by atoms with Gasteiger partial charge in [-0.25, -0.2) is 4.98 Å². The molecule has 0 spiro atoms. The fraction of sp³-hybridized carbons (Fsp3) is 0.750. The molecule has 16 heavy (non-hydrogen) atoms. The Balaban J connectivity index is 1.91. The van der Waals surface area contributed by atoms with E-state index in [2.05, 4.69) is 23.7 Å². The SMILES string of the molecule is Cc1nc(CSC2CCCC2)sc1C(C)N. The van der Waals surface area contributed by atoms with Gasteiger partial charge in [-0.1, -0.05) is 12.8 Å². The maximum Gasteiger partial charge on any atom is 0.103 e. The lowest BCUT2D eigenvalue weighted by Gasteiger charge is -2.05. The predicted molar refractivity (Wildman–Crippen MR) is 73.0 cm³/mol. The predicted octanol–water partition coefficient (Wildman–Crippen LogP) is 3.65. The van der Waals surface area contributed by atoms with Gasteiger partial charge in [0.05, 0.1) is 5.69 Å². The van der Waals surface area contributed by atoms with Crippen LogP contribution in [0.4, 0.5) is 0 Å². The molecular weight excluding hydrogens is 236 g/mol. The molecule has 1 fully saturated rings. The van der Waals surface area contributed by atoms with Gasteiger partial charge in [-0.3, -0.25) is 0 Å². The molecule has 1 heterocycles. The lowest BCUT2D eigenvalue weighted by molar-refractivity contribution is 0.825. The van der Waals surface area contributed by atoms with Crippen molar-refractivity contribution in [3.63, 3.8) is 0 Å². The zero-order valence-electron chi connectivity index (χ0n) is 10.0. The zero-order chi connectivity index (χ0) is 11.5. The third-order valence-electron chi connectivity index (χ3n) is 3.04. The van der Waals surface area contributed by atoms with Gasteiger partial charge in [0.1, 0.15) is 5.01 Å². The first-order valence-corrected chi connectivity index (χ1v) is 7.86. The average molecular weight is 256 g/mol. The van der Waals surface area contributed by atoms with Crippen molar-refractivity contribution in [3.05, 3.63) is 15.6 Å². The Morgan fingerprint density at radius 1 is 1.50 bits per heavy atom. The number of thiazole rings is 1. The standard InChI is InChI=1S/C12H20N2S2/c1-8(13)12-9(2)14-11(16-12)7-15-10-5-3-4-6-10/h8,10H,3-7,13H2,1-2H3. The summed E-state index contributed by atoms with van der Waals surface area (Å²) in [5.41, 5.74) is 7.04. The summed E-state index contributed by atoms with van der Waals surface area (Å²) in [5, 5.41) is 2.13. The van der Waals surface area contributed by atoms with E-state index >= 15 is 0 Å². The van der Waals surface area contributed by atoms with Crippen LogP contribution in [0.2, 0.25) is 0 Å². The van der Waals surface area contributed by atoms with Gasteiger partial charge in [-0.15, -0.1) is 11.3 Å². The number of hydrogen-bond donors (Lipinski definition) is 1. The van der Waals surface area contributed by atoms with Crippen LogP contribution in [0.3, 0.4) is 0 Å². The lowest BCUT2D eigenvalue weighted by atomic mass is 10.2. The van der Waals surface area contributed by atoms with E-state index in [-0.39, 0.29) is 6.04 Å². The second kappa shape index (κ2) is 5.52. The van der Waals surface area contributed by atoms with E-state index in [1.54, 1.807) is 11.3 Å². The lowest BCUT2D eigenvalue weighted by Crippen LogP contribution is -2.03. The summed E-state index contributed by atoms with van der Waals surface area (Å²) < 4.78 is 0. The number of thioether (sulfide) groups is 1. The summed E-state index contributed by atoms with van der Waals surface area (Å²) in [5.74, 6) is 1.07. The van der Waals surface area contributed by atoms with Gasteiger partial charge >= 0.3 is 0 Å². The molecule has 0 aliphatic heterocycles. The minimum Gasteiger partial charge on any atom is -0.323 e. The highest BCUT2D eigenvalue weighted by atomic mass is 32.2. The number of nitrogens with zero attached hydrogens (tertiary/aromatic N) is 1. The third kappa shape index (κ3) is 2.99. The highest BCUT2D eigenvalue weighted by Gasteiger charge is 2.17. The maximum atomic E-state index is 5.91. The molecule has 0 aromatic carbocycles. The molecular formula is C12H20N2S2. The molecule has 1 aromatic rings. The minimum absolute atomic E-state index is 0.128. The summed E-state index contributed by atoms with van der Waals surface area (Å²) in [6.07, 6.45) is 5.63. The Labute approximate surface area is 106 Å². The maximum absolute atomic E-state index is 5.91. The normalized spacial score (nSPS) is 19.2. The molecule has 1 saturated carbocycles. The van der Waals surface area contributed by atoms with Gasteiger partial charge in [-0.05, 0) is 26.7 Å². The Kier molecular flexibility index (Phi) is 4.27. The first-order chi connectivity index (χ1) is 7.66. The first kappa shape index (κ1) is 12.4. The molecule has 90 valence electrons. The van der Waals surface area contributed by atoms with Crippen LogP contribution in [0, 0.1) is 6.92 Å². The molecule has 1 aliphatic carbocycles. The summed E-state index contributed by atoms with van der Waals surface area (Å²) in [6, 6.07) is 0.128. The number of aryl methyl sites for hydroxylation is 1. The van der Waals surface area contributed by atoms with E-state index in [0.717, 1.165) is 16.7 Å². The van der Waals surface area contributed by atoms with E-state index in [1.807, 2.05) is 6.92 Å². The van der Waals surface area contributed by atoms with E-state index in [1.165, 1.54) is 35.6 Å². The van der Waals surface area contributed by atoms with Crippen molar-refractivity contribution >= 4 is 23.1 Å². The second-order valence-electron chi connectivity index (χ2n) is 4.56. The van der Waals surface area contributed by atoms with Crippen molar-refractivity contribution in [2.45, 2.75) is 56.6 Å². The van der Waals surface area contributed by atoms with E-state index in [9.17, 15) is 0 Å². The molecule has 0 amide bonds. The summed E-state index contributed by atoms with van der Waals surface area (Å²) in [4.78, 5) is 5.86. The van der Waals surface area contributed by atoms with Crippen LogP contribution in [0.25, 0.3) is 0 Å². The molecule has 2 N–H and O–H groups in total. The van der Waals surface area contributed by atoms with Gasteiger partial charge in [0.2, 0.25) is 0 Å². The Bertz CT molecular complexity index is 341. The van der Waals surface area contributed by atoms with Crippen LogP contribution < -0.4 is 5.73 Å². The van der Waals surface area contributed by atoms with Crippen LogP contribution in [0.5, 0.6) is 0 Å². The quantitative estimate of drug-likeness (QED) is 0.893. The minimum atomic E-state index is 0.128. The molecule has 0 radical (unpaired) electrons. The zero-order valence-corrected chi connectivity index (χ0v) is 11.7. The van der Waals surface area contributed by atoms with E-state index in [0.29, 0.717) is 0 Å². The van der Waals surface area contributed by atoms with E-state index < -0.39 is 0 Å². The summed E-state index contributed by atoms with van der Waals surface area (Å²) in [6.45, 7) is 4.10. The Morgan fingerprint density at radius 3 is 2.75 bits per heavy atom. The topological polar surface area (TPSA) is 38.9 Å². The fourth-order valence-electron chi connectivity index (χ4n) is 2.19. The number of rotatable bonds is 4. The van der Waals surface area contributed by atoms with Crippen molar-refractivity contribution in [1.29, 1.82) is 0 Å². The molecule has 2 rings (SSSR count). The highest BCUT2D eigenvalue weighted by molar-refractivity contribution is 7.99.